The van der Waals surface area contributed by atoms with Gasteiger partial charge in [0.1, 0.15) is 11.5 Å². The lowest BCUT2D eigenvalue weighted by atomic mass is 9.86. The van der Waals surface area contributed by atoms with Crippen molar-refractivity contribution in [2.45, 2.75) is 67.2 Å². The van der Waals surface area contributed by atoms with Gasteiger partial charge in [0.15, 0.2) is 0 Å². The highest BCUT2D eigenvalue weighted by atomic mass is 16.3. The van der Waals surface area contributed by atoms with E-state index in [1.54, 1.807) is 0 Å². The molecule has 0 bridgehead atoms. The summed E-state index contributed by atoms with van der Waals surface area (Å²) in [5, 5.41) is 20.1. The van der Waals surface area contributed by atoms with Gasteiger partial charge < -0.3 is 10.2 Å². The molecule has 0 fully saturated rings. The molecule has 2 nitrogen and oxygen atoms in total. The van der Waals surface area contributed by atoms with Gasteiger partial charge in [0.05, 0.1) is 0 Å². The molecule has 0 aromatic heterocycles. The fraction of sp³-hybridized carbons (Fsp3) is 0.357. The van der Waals surface area contributed by atoms with Crippen molar-refractivity contribution in [2.24, 2.45) is 0 Å². The van der Waals surface area contributed by atoms with Crippen LogP contribution >= 0.6 is 0 Å². The molecule has 0 spiro atoms. The summed E-state index contributed by atoms with van der Waals surface area (Å²) in [6.07, 6.45) is 8.40. The van der Waals surface area contributed by atoms with Crippen LogP contribution in [-0.2, 0) is 12.8 Å². The number of allylic oxidation sites excluding steroid dienone is 6. The average molecular weight is 403 g/mol. The molecule has 0 atom stereocenters. The van der Waals surface area contributed by atoms with Crippen molar-refractivity contribution in [3.05, 3.63) is 92.1 Å². The summed E-state index contributed by atoms with van der Waals surface area (Å²) in [7, 11) is 0. The van der Waals surface area contributed by atoms with E-state index < -0.39 is 0 Å². The van der Waals surface area contributed by atoms with Crippen molar-refractivity contribution in [3.8, 4) is 11.5 Å². The number of benzene rings is 2. The van der Waals surface area contributed by atoms with E-state index in [0.717, 1.165) is 47.9 Å². The molecule has 2 aromatic carbocycles. The maximum Gasteiger partial charge on any atom is 0.121 e. The van der Waals surface area contributed by atoms with Crippen LogP contribution in [0.1, 0.15) is 60.1 Å². The Morgan fingerprint density at radius 1 is 0.733 bits per heavy atom. The van der Waals surface area contributed by atoms with Crippen molar-refractivity contribution in [2.75, 3.05) is 0 Å². The normalized spacial score (nSPS) is 17.3. The van der Waals surface area contributed by atoms with Gasteiger partial charge in [0.25, 0.3) is 0 Å². The summed E-state index contributed by atoms with van der Waals surface area (Å²) in [4.78, 5) is 0. The minimum atomic E-state index is 0.405. The molecule has 2 heteroatoms. The largest absolute Gasteiger partial charge is 0.507 e. The van der Waals surface area contributed by atoms with Crippen LogP contribution in [0, 0.1) is 27.7 Å². The number of phenolic OH excluding ortho intramolecular Hbond substituents is 2. The van der Waals surface area contributed by atoms with Crippen molar-refractivity contribution in [3.63, 3.8) is 0 Å². The second-order valence-corrected chi connectivity index (χ2v) is 8.98. The first kappa shape index (κ1) is 22.0. The van der Waals surface area contributed by atoms with Gasteiger partial charge in [-0.1, -0.05) is 53.1 Å². The molecule has 2 N–H and O–H groups in total. The molecule has 1 aliphatic rings. The van der Waals surface area contributed by atoms with E-state index >= 15 is 0 Å². The molecule has 3 rings (SSSR count). The van der Waals surface area contributed by atoms with Crippen LogP contribution in [0.25, 0.3) is 0 Å². The molecular formula is C28H34O2. The number of aryl methyl sites for hydroxylation is 4. The predicted octanol–water partition coefficient (Wildman–Crippen LogP) is 7.10. The first-order valence-corrected chi connectivity index (χ1v) is 10.8. The molecule has 0 unspecified atom stereocenters. The summed E-state index contributed by atoms with van der Waals surface area (Å²) < 4.78 is 0. The van der Waals surface area contributed by atoms with E-state index in [9.17, 15) is 10.2 Å². The van der Waals surface area contributed by atoms with Crippen LogP contribution in [0.2, 0.25) is 0 Å². The molecule has 0 aliphatic heterocycles. The molecule has 158 valence electrons. The Balaban J connectivity index is 1.81. The van der Waals surface area contributed by atoms with Crippen molar-refractivity contribution < 1.29 is 10.2 Å². The van der Waals surface area contributed by atoms with Crippen LogP contribution in [-0.4, -0.2) is 10.2 Å². The Morgan fingerprint density at radius 3 is 1.63 bits per heavy atom. The first-order valence-electron chi connectivity index (χ1n) is 10.8. The summed E-state index contributed by atoms with van der Waals surface area (Å²) in [5.41, 5.74) is 12.0. The molecule has 1 aliphatic carbocycles. The lowest BCUT2D eigenvalue weighted by molar-refractivity contribution is 0.466. The smallest absolute Gasteiger partial charge is 0.121 e. The van der Waals surface area contributed by atoms with E-state index in [-0.39, 0.29) is 0 Å². The standard InChI is InChI=1S/C28H34O2/c1-17(10-23-12-19(3)27(29)20(4)13-23)25-8-7-9-26(16-25)18(2)11-24-14-21(5)28(30)22(6)15-24/h7-8,12-15,29-30H,9-11,16H2,1-6H3. The molecule has 30 heavy (non-hydrogen) atoms. The fourth-order valence-electron chi connectivity index (χ4n) is 4.47. The summed E-state index contributed by atoms with van der Waals surface area (Å²) in [6.45, 7) is 12.3. The molecule has 0 radical (unpaired) electrons. The Hall–Kier alpha value is -2.74. The van der Waals surface area contributed by atoms with Gasteiger partial charge in [-0.05, 0) is 106 Å². The Kier molecular flexibility index (Phi) is 6.55. The van der Waals surface area contributed by atoms with Crippen molar-refractivity contribution >= 4 is 0 Å². The third-order valence-electron chi connectivity index (χ3n) is 6.28. The second-order valence-electron chi connectivity index (χ2n) is 8.98. The number of phenols is 2. The highest BCUT2D eigenvalue weighted by molar-refractivity contribution is 5.46. The first-order chi connectivity index (χ1) is 14.2. The third kappa shape index (κ3) is 4.87. The molecule has 0 amide bonds. The SMILES string of the molecule is CC(Cc1cc(C)c(O)c(C)c1)=C1C=CCC(=C(C)Cc2cc(C)c(O)c(C)c2)C1. The molecule has 2 aromatic rings. The molecule has 0 saturated heterocycles. The number of hydrogen-bond acceptors (Lipinski definition) is 2. The van der Waals surface area contributed by atoms with E-state index in [1.807, 2.05) is 27.7 Å². The van der Waals surface area contributed by atoms with E-state index in [1.165, 1.54) is 33.4 Å². The average Bonchev–Trinajstić information content (AvgIpc) is 2.70. The molecular weight excluding hydrogens is 368 g/mol. The molecule has 0 saturated carbocycles. The van der Waals surface area contributed by atoms with Crippen LogP contribution in [0.4, 0.5) is 0 Å². The van der Waals surface area contributed by atoms with Gasteiger partial charge >= 0.3 is 0 Å². The van der Waals surface area contributed by atoms with Gasteiger partial charge in [-0.3, -0.25) is 0 Å². The maximum absolute atomic E-state index is 10.0. The Labute approximate surface area is 181 Å². The van der Waals surface area contributed by atoms with Gasteiger partial charge in [-0.25, -0.2) is 0 Å². The Bertz CT molecular complexity index is 1020. The van der Waals surface area contributed by atoms with E-state index in [0.29, 0.717) is 11.5 Å². The van der Waals surface area contributed by atoms with Crippen molar-refractivity contribution in [1.82, 2.24) is 0 Å². The fourth-order valence-corrected chi connectivity index (χ4v) is 4.47. The number of aromatic hydroxyl groups is 2. The predicted molar refractivity (Wildman–Crippen MR) is 126 cm³/mol. The molecule has 0 heterocycles. The quantitative estimate of drug-likeness (QED) is 0.535. The number of rotatable bonds is 4. The van der Waals surface area contributed by atoms with Crippen LogP contribution < -0.4 is 0 Å². The highest BCUT2D eigenvalue weighted by Crippen LogP contribution is 2.31. The summed E-state index contributed by atoms with van der Waals surface area (Å²) in [5.74, 6) is 0.812. The monoisotopic (exact) mass is 402 g/mol. The maximum atomic E-state index is 10.0. The van der Waals surface area contributed by atoms with Gasteiger partial charge in [0, 0.05) is 0 Å². The third-order valence-corrected chi connectivity index (χ3v) is 6.28. The zero-order chi connectivity index (χ0) is 22.0. The summed E-state index contributed by atoms with van der Waals surface area (Å²) >= 11 is 0. The topological polar surface area (TPSA) is 40.5 Å². The van der Waals surface area contributed by atoms with E-state index in [4.69, 9.17) is 0 Å². The van der Waals surface area contributed by atoms with Crippen LogP contribution in [0.15, 0.2) is 58.7 Å². The van der Waals surface area contributed by atoms with Crippen LogP contribution in [0.3, 0.4) is 0 Å². The van der Waals surface area contributed by atoms with Gasteiger partial charge in [0.2, 0.25) is 0 Å². The second kappa shape index (κ2) is 8.95. The lowest BCUT2D eigenvalue weighted by Crippen LogP contribution is -2.02. The number of hydrogen-bond donors (Lipinski definition) is 2. The zero-order valence-corrected chi connectivity index (χ0v) is 19.2. The van der Waals surface area contributed by atoms with Crippen LogP contribution in [0.5, 0.6) is 11.5 Å². The van der Waals surface area contributed by atoms with Crippen molar-refractivity contribution in [1.29, 1.82) is 0 Å². The van der Waals surface area contributed by atoms with Gasteiger partial charge in [-0.15, -0.1) is 0 Å². The minimum absolute atomic E-state index is 0.405. The van der Waals surface area contributed by atoms with Gasteiger partial charge in [-0.2, -0.15) is 0 Å². The van der Waals surface area contributed by atoms with E-state index in [2.05, 4.69) is 50.3 Å². The highest BCUT2D eigenvalue weighted by Gasteiger charge is 2.13. The lowest BCUT2D eigenvalue weighted by Gasteiger charge is -2.19. The minimum Gasteiger partial charge on any atom is -0.507 e. The zero-order valence-electron chi connectivity index (χ0n) is 19.2. The Morgan fingerprint density at radius 2 is 1.17 bits per heavy atom. The summed E-state index contributed by atoms with van der Waals surface area (Å²) in [6, 6.07) is 8.39.